The third kappa shape index (κ3) is 7.37. The molecule has 2 atom stereocenters. The second-order valence-corrected chi connectivity index (χ2v) is 9.17. The standard InChI is InChI=1S/C13H10F6N2O3.C11H8ClF3N2O2/c1-6-9(24-5-12(14,15)16)11(23)21(10(6)22)8-4-7(2-3-20-8)13(17,18)19;1-5-8(12)10(19)17(9(5)18)7-4-6(2-3-16-7)11(13,14)15/h2-4,11,23H,5H2,1H3;2-4,10,19H,1H3. The first-order valence-electron chi connectivity index (χ1n) is 11.5. The van der Waals surface area contributed by atoms with E-state index in [2.05, 4.69) is 14.7 Å². The number of anilines is 2. The van der Waals surface area contributed by atoms with Crippen LogP contribution in [0.5, 0.6) is 0 Å². The molecule has 2 amide bonds. The number of hydrogen-bond donors (Lipinski definition) is 2. The Kier molecular flexibility index (Phi) is 9.38. The van der Waals surface area contributed by atoms with Gasteiger partial charge in [-0.25, -0.2) is 9.97 Å². The van der Waals surface area contributed by atoms with Crippen molar-refractivity contribution in [2.75, 3.05) is 16.4 Å². The van der Waals surface area contributed by atoms with Gasteiger partial charge in [0.2, 0.25) is 0 Å². The molecule has 2 aliphatic heterocycles. The Morgan fingerprint density at radius 1 is 0.791 bits per heavy atom. The summed E-state index contributed by atoms with van der Waals surface area (Å²) in [5, 5.41) is 19.6. The van der Waals surface area contributed by atoms with E-state index in [4.69, 9.17) is 11.6 Å². The molecule has 2 aromatic rings. The lowest BCUT2D eigenvalue weighted by Crippen LogP contribution is -2.37. The van der Waals surface area contributed by atoms with Crippen molar-refractivity contribution in [2.24, 2.45) is 0 Å². The normalized spacial score (nSPS) is 19.8. The van der Waals surface area contributed by atoms with Crippen molar-refractivity contribution in [3.63, 3.8) is 0 Å². The van der Waals surface area contributed by atoms with E-state index in [1.165, 1.54) is 6.92 Å². The first-order valence-corrected chi connectivity index (χ1v) is 11.9. The highest BCUT2D eigenvalue weighted by Gasteiger charge is 2.42. The molecule has 0 spiro atoms. The molecule has 0 saturated carbocycles. The van der Waals surface area contributed by atoms with Gasteiger partial charge in [-0.15, -0.1) is 0 Å². The van der Waals surface area contributed by atoms with Gasteiger partial charge in [0.1, 0.15) is 11.6 Å². The number of halogens is 10. The number of carbonyl (C=O) groups excluding carboxylic acids is 2. The summed E-state index contributed by atoms with van der Waals surface area (Å²) >= 11 is 5.70. The Hall–Kier alpha value is -3.90. The number of rotatable bonds is 4. The maximum absolute atomic E-state index is 12.7. The molecule has 0 bridgehead atoms. The second kappa shape index (κ2) is 12.0. The van der Waals surface area contributed by atoms with Crippen LogP contribution >= 0.6 is 11.6 Å². The number of nitrogens with zero attached hydrogens (tertiary/aromatic N) is 4. The van der Waals surface area contributed by atoms with Gasteiger partial charge in [-0.2, -0.15) is 39.5 Å². The zero-order valence-corrected chi connectivity index (χ0v) is 22.3. The molecular weight excluding hydrogens is 631 g/mol. The fraction of sp³-hybridized carbons (Fsp3) is 0.333. The Balaban J connectivity index is 0.000000242. The van der Waals surface area contributed by atoms with Crippen molar-refractivity contribution in [2.45, 2.75) is 44.8 Å². The van der Waals surface area contributed by atoms with Crippen LogP contribution in [0.15, 0.2) is 58.6 Å². The van der Waals surface area contributed by atoms with E-state index in [0.717, 1.165) is 25.4 Å². The summed E-state index contributed by atoms with van der Waals surface area (Å²) in [4.78, 5) is 32.2. The van der Waals surface area contributed by atoms with Gasteiger partial charge < -0.3 is 14.9 Å². The molecule has 0 aliphatic carbocycles. The van der Waals surface area contributed by atoms with Gasteiger partial charge in [-0.1, -0.05) is 11.6 Å². The molecular formula is C24H18ClF9N4O5. The number of amides is 2. The smallest absolute Gasteiger partial charge is 0.422 e. The minimum absolute atomic E-state index is 0.0772. The fourth-order valence-electron chi connectivity index (χ4n) is 3.66. The minimum Gasteiger partial charge on any atom is -0.483 e. The summed E-state index contributed by atoms with van der Waals surface area (Å²) in [5.41, 5.74) is -2.37. The summed E-state index contributed by atoms with van der Waals surface area (Å²) in [6.07, 6.45) is -15.8. The predicted octanol–water partition coefficient (Wildman–Crippen LogP) is 4.90. The summed E-state index contributed by atoms with van der Waals surface area (Å²) in [5.74, 6) is -3.23. The van der Waals surface area contributed by atoms with Gasteiger partial charge in [0, 0.05) is 18.0 Å². The molecule has 2 aromatic heterocycles. The Morgan fingerprint density at radius 2 is 1.21 bits per heavy atom. The number of alkyl halides is 9. The van der Waals surface area contributed by atoms with E-state index in [0.29, 0.717) is 28.0 Å². The van der Waals surface area contributed by atoms with Crippen molar-refractivity contribution >= 4 is 35.1 Å². The van der Waals surface area contributed by atoms with Crippen molar-refractivity contribution in [3.05, 3.63) is 69.7 Å². The van der Waals surface area contributed by atoms with Crippen LogP contribution < -0.4 is 9.80 Å². The zero-order chi connectivity index (χ0) is 32.7. The highest BCUT2D eigenvalue weighted by molar-refractivity contribution is 6.35. The zero-order valence-electron chi connectivity index (χ0n) is 21.5. The molecule has 0 fully saturated rings. The molecule has 4 rings (SSSR count). The van der Waals surface area contributed by atoms with Gasteiger partial charge in [0.05, 0.1) is 21.7 Å². The molecule has 0 radical (unpaired) electrons. The number of carbonyl (C=O) groups is 2. The molecule has 0 aromatic carbocycles. The summed E-state index contributed by atoms with van der Waals surface area (Å²) in [7, 11) is 0. The van der Waals surface area contributed by atoms with Crippen LogP contribution in [0, 0.1) is 0 Å². The minimum atomic E-state index is -4.72. The lowest BCUT2D eigenvalue weighted by atomic mass is 10.2. The number of ether oxygens (including phenoxy) is 1. The highest BCUT2D eigenvalue weighted by Crippen LogP contribution is 2.36. The van der Waals surface area contributed by atoms with Gasteiger partial charge >= 0.3 is 18.5 Å². The first-order chi connectivity index (χ1) is 19.6. The fourth-order valence-corrected chi connectivity index (χ4v) is 3.84. The van der Waals surface area contributed by atoms with Crippen LogP contribution in [0.3, 0.4) is 0 Å². The maximum atomic E-state index is 12.7. The van der Waals surface area contributed by atoms with Crippen LogP contribution in [0.25, 0.3) is 0 Å². The average Bonchev–Trinajstić information content (AvgIpc) is 3.23. The molecule has 9 nitrogen and oxygen atoms in total. The van der Waals surface area contributed by atoms with Crippen LogP contribution in [-0.4, -0.2) is 57.2 Å². The number of aromatic nitrogens is 2. The van der Waals surface area contributed by atoms with E-state index in [9.17, 15) is 59.3 Å². The van der Waals surface area contributed by atoms with Crippen LogP contribution in [-0.2, 0) is 26.7 Å². The molecule has 0 saturated heterocycles. The predicted molar refractivity (Wildman–Crippen MR) is 129 cm³/mol. The largest absolute Gasteiger partial charge is 0.483 e. The van der Waals surface area contributed by atoms with Gasteiger partial charge in [0.25, 0.3) is 11.8 Å². The molecule has 2 unspecified atom stereocenters. The summed E-state index contributed by atoms with van der Waals surface area (Å²) in [6, 6.07) is 2.61. The second-order valence-electron chi connectivity index (χ2n) is 8.76. The molecule has 43 heavy (non-hydrogen) atoms. The maximum Gasteiger partial charge on any atom is 0.422 e. The van der Waals surface area contributed by atoms with E-state index >= 15 is 0 Å². The van der Waals surface area contributed by atoms with E-state index in [1.54, 1.807) is 0 Å². The lowest BCUT2D eigenvalue weighted by molar-refractivity contribution is -0.167. The molecule has 234 valence electrons. The molecule has 2 aliphatic rings. The first kappa shape index (κ1) is 33.6. The third-order valence-electron chi connectivity index (χ3n) is 5.79. The van der Waals surface area contributed by atoms with Crippen LogP contribution in [0.4, 0.5) is 51.1 Å². The SMILES string of the molecule is CC1=C(Cl)C(O)N(c2cc(C(F)(F)F)ccn2)C1=O.CC1=C(OCC(F)(F)F)C(O)N(c2cc(C(F)(F)F)ccn2)C1=O. The Labute approximate surface area is 240 Å². The Morgan fingerprint density at radius 3 is 1.58 bits per heavy atom. The van der Waals surface area contributed by atoms with Gasteiger partial charge in [-0.05, 0) is 38.1 Å². The monoisotopic (exact) mass is 648 g/mol. The van der Waals surface area contributed by atoms with Crippen molar-refractivity contribution in [3.8, 4) is 0 Å². The molecule has 19 heteroatoms. The quantitative estimate of drug-likeness (QED) is 0.454. The molecule has 4 heterocycles. The number of hydrogen-bond acceptors (Lipinski definition) is 7. The van der Waals surface area contributed by atoms with E-state index in [-0.39, 0.29) is 22.0 Å². The van der Waals surface area contributed by atoms with Crippen LogP contribution in [0.1, 0.15) is 25.0 Å². The van der Waals surface area contributed by atoms with E-state index in [1.807, 2.05) is 0 Å². The Bertz CT molecular complexity index is 1470. The summed E-state index contributed by atoms with van der Waals surface area (Å²) < 4.78 is 117. The van der Waals surface area contributed by atoms with Crippen molar-refractivity contribution in [1.29, 1.82) is 0 Å². The molecule has 2 N–H and O–H groups in total. The lowest BCUT2D eigenvalue weighted by Gasteiger charge is -2.22. The van der Waals surface area contributed by atoms with Crippen molar-refractivity contribution in [1.82, 2.24) is 9.97 Å². The van der Waals surface area contributed by atoms with Gasteiger partial charge in [0.15, 0.2) is 24.8 Å². The van der Waals surface area contributed by atoms with Crippen LogP contribution in [0.2, 0.25) is 0 Å². The number of aliphatic hydroxyl groups excluding tert-OH is 2. The topological polar surface area (TPSA) is 116 Å². The highest BCUT2D eigenvalue weighted by atomic mass is 35.5. The average molecular weight is 649 g/mol. The number of aliphatic hydroxyl groups is 2. The van der Waals surface area contributed by atoms with E-state index < -0.39 is 72.1 Å². The van der Waals surface area contributed by atoms with Crippen molar-refractivity contribution < 1.29 is 64.1 Å². The third-order valence-corrected chi connectivity index (χ3v) is 6.27. The summed E-state index contributed by atoms with van der Waals surface area (Å²) in [6.45, 7) is 0.709. The van der Waals surface area contributed by atoms with Gasteiger partial charge in [-0.3, -0.25) is 19.4 Å². The number of pyridine rings is 2.